The lowest BCUT2D eigenvalue weighted by atomic mass is 10.3. The summed E-state index contributed by atoms with van der Waals surface area (Å²) >= 11 is 0. The van der Waals surface area contributed by atoms with Gasteiger partial charge < -0.3 is 16.0 Å². The standard InChI is InChI=1S/C15H18N4O/c1-19(13-5-3-2-4-6-13)14-8-7-12(11-17-14)18-15(20)9-10-16/h2-8,11H,9-10,16H2,1H3,(H,18,20). The van der Waals surface area contributed by atoms with Crippen molar-refractivity contribution < 1.29 is 4.79 Å². The topological polar surface area (TPSA) is 71.2 Å². The van der Waals surface area contributed by atoms with Gasteiger partial charge in [0, 0.05) is 25.7 Å². The van der Waals surface area contributed by atoms with Gasteiger partial charge in [0.1, 0.15) is 5.82 Å². The van der Waals surface area contributed by atoms with E-state index in [0.29, 0.717) is 18.7 Å². The van der Waals surface area contributed by atoms with Gasteiger partial charge in [-0.05, 0) is 24.3 Å². The molecule has 1 amide bonds. The van der Waals surface area contributed by atoms with Crippen molar-refractivity contribution in [1.82, 2.24) is 4.98 Å². The SMILES string of the molecule is CN(c1ccccc1)c1ccc(NC(=O)CCN)cn1. The van der Waals surface area contributed by atoms with E-state index >= 15 is 0 Å². The maximum atomic E-state index is 11.4. The van der Waals surface area contributed by atoms with Crippen molar-refractivity contribution >= 4 is 23.1 Å². The van der Waals surface area contributed by atoms with Crippen LogP contribution in [-0.4, -0.2) is 24.5 Å². The number of hydrogen-bond donors (Lipinski definition) is 2. The molecular weight excluding hydrogens is 252 g/mol. The van der Waals surface area contributed by atoms with E-state index in [9.17, 15) is 4.79 Å². The lowest BCUT2D eigenvalue weighted by molar-refractivity contribution is -0.116. The van der Waals surface area contributed by atoms with Crippen LogP contribution < -0.4 is 16.0 Å². The summed E-state index contributed by atoms with van der Waals surface area (Å²) in [5, 5.41) is 2.75. The third-order valence-corrected chi connectivity index (χ3v) is 2.89. The average molecular weight is 270 g/mol. The number of pyridine rings is 1. The minimum Gasteiger partial charge on any atom is -0.330 e. The molecule has 1 heterocycles. The Labute approximate surface area is 118 Å². The second-order valence-electron chi connectivity index (χ2n) is 4.39. The summed E-state index contributed by atoms with van der Waals surface area (Å²) in [6, 6.07) is 13.7. The number of aromatic nitrogens is 1. The smallest absolute Gasteiger partial charge is 0.225 e. The van der Waals surface area contributed by atoms with Crippen molar-refractivity contribution in [1.29, 1.82) is 0 Å². The maximum Gasteiger partial charge on any atom is 0.225 e. The summed E-state index contributed by atoms with van der Waals surface area (Å²) in [6.07, 6.45) is 1.95. The minimum atomic E-state index is -0.0986. The van der Waals surface area contributed by atoms with Crippen LogP contribution in [0.15, 0.2) is 48.7 Å². The zero-order valence-electron chi connectivity index (χ0n) is 11.4. The van der Waals surface area contributed by atoms with Crippen molar-refractivity contribution in [3.8, 4) is 0 Å². The van der Waals surface area contributed by atoms with Crippen LogP contribution in [-0.2, 0) is 4.79 Å². The Morgan fingerprint density at radius 2 is 2.00 bits per heavy atom. The van der Waals surface area contributed by atoms with Gasteiger partial charge in [-0.25, -0.2) is 4.98 Å². The van der Waals surface area contributed by atoms with Gasteiger partial charge in [-0.2, -0.15) is 0 Å². The lowest BCUT2D eigenvalue weighted by Crippen LogP contribution is -2.16. The second kappa shape index (κ2) is 6.68. The monoisotopic (exact) mass is 270 g/mol. The fraction of sp³-hybridized carbons (Fsp3) is 0.200. The van der Waals surface area contributed by atoms with Gasteiger partial charge in [0.05, 0.1) is 11.9 Å². The number of nitrogens with zero attached hydrogens (tertiary/aromatic N) is 2. The molecule has 1 aromatic heterocycles. The van der Waals surface area contributed by atoms with Crippen molar-refractivity contribution in [2.75, 3.05) is 23.8 Å². The number of para-hydroxylation sites is 1. The number of carbonyl (C=O) groups is 1. The molecular formula is C15H18N4O. The summed E-state index contributed by atoms with van der Waals surface area (Å²) in [7, 11) is 1.95. The summed E-state index contributed by atoms with van der Waals surface area (Å²) < 4.78 is 0. The summed E-state index contributed by atoms with van der Waals surface area (Å²) in [5.74, 6) is 0.714. The largest absolute Gasteiger partial charge is 0.330 e. The number of nitrogens with one attached hydrogen (secondary N) is 1. The van der Waals surface area contributed by atoms with Crippen molar-refractivity contribution in [3.05, 3.63) is 48.7 Å². The lowest BCUT2D eigenvalue weighted by Gasteiger charge is -2.18. The Kier molecular flexibility index (Phi) is 4.68. The van der Waals surface area contributed by atoms with E-state index in [1.54, 1.807) is 6.20 Å². The molecule has 0 bridgehead atoms. The van der Waals surface area contributed by atoms with Crippen LogP contribution in [0, 0.1) is 0 Å². The fourth-order valence-electron chi connectivity index (χ4n) is 1.80. The fourth-order valence-corrected chi connectivity index (χ4v) is 1.80. The summed E-state index contributed by atoms with van der Waals surface area (Å²) in [4.78, 5) is 17.7. The highest BCUT2D eigenvalue weighted by Gasteiger charge is 2.06. The molecule has 0 spiro atoms. The van der Waals surface area contributed by atoms with E-state index in [-0.39, 0.29) is 5.91 Å². The first-order valence-electron chi connectivity index (χ1n) is 6.45. The summed E-state index contributed by atoms with van der Waals surface area (Å²) in [5.41, 5.74) is 7.06. The Bertz CT molecular complexity index is 554. The molecule has 0 atom stereocenters. The molecule has 2 rings (SSSR count). The number of carbonyl (C=O) groups excluding carboxylic acids is 1. The zero-order chi connectivity index (χ0) is 14.4. The van der Waals surface area contributed by atoms with E-state index in [1.807, 2.05) is 54.4 Å². The molecule has 1 aromatic carbocycles. The summed E-state index contributed by atoms with van der Waals surface area (Å²) in [6.45, 7) is 0.341. The first-order valence-corrected chi connectivity index (χ1v) is 6.45. The van der Waals surface area contributed by atoms with Crippen LogP contribution >= 0.6 is 0 Å². The third kappa shape index (κ3) is 3.55. The van der Waals surface area contributed by atoms with Crippen LogP contribution in [0.1, 0.15) is 6.42 Å². The molecule has 3 N–H and O–H groups in total. The number of hydrogen-bond acceptors (Lipinski definition) is 4. The Hall–Kier alpha value is -2.40. The average Bonchev–Trinajstić information content (AvgIpc) is 2.48. The minimum absolute atomic E-state index is 0.0986. The number of benzene rings is 1. The quantitative estimate of drug-likeness (QED) is 0.873. The number of nitrogens with two attached hydrogens (primary N) is 1. The van der Waals surface area contributed by atoms with Gasteiger partial charge in [-0.15, -0.1) is 0 Å². The van der Waals surface area contributed by atoms with Crippen LogP contribution in [0.3, 0.4) is 0 Å². The van der Waals surface area contributed by atoms with Gasteiger partial charge in [-0.1, -0.05) is 18.2 Å². The van der Waals surface area contributed by atoms with Crippen LogP contribution in [0.4, 0.5) is 17.2 Å². The van der Waals surface area contributed by atoms with Gasteiger partial charge in [0.15, 0.2) is 0 Å². The van der Waals surface area contributed by atoms with E-state index < -0.39 is 0 Å². The third-order valence-electron chi connectivity index (χ3n) is 2.89. The van der Waals surface area contributed by atoms with Crippen molar-refractivity contribution in [2.24, 2.45) is 5.73 Å². The molecule has 0 saturated heterocycles. The molecule has 2 aromatic rings. The highest BCUT2D eigenvalue weighted by atomic mass is 16.1. The van der Waals surface area contributed by atoms with Gasteiger partial charge in [0.2, 0.25) is 5.91 Å². The zero-order valence-corrected chi connectivity index (χ0v) is 11.4. The van der Waals surface area contributed by atoms with E-state index in [0.717, 1.165) is 11.5 Å². The second-order valence-corrected chi connectivity index (χ2v) is 4.39. The number of anilines is 3. The van der Waals surface area contributed by atoms with Crippen molar-refractivity contribution in [3.63, 3.8) is 0 Å². The first kappa shape index (κ1) is 14.0. The Morgan fingerprint density at radius 1 is 1.25 bits per heavy atom. The molecule has 0 aliphatic rings. The maximum absolute atomic E-state index is 11.4. The molecule has 0 aliphatic carbocycles. The number of amides is 1. The molecule has 0 saturated carbocycles. The molecule has 0 fully saturated rings. The number of rotatable bonds is 5. The van der Waals surface area contributed by atoms with Crippen LogP contribution in [0.2, 0.25) is 0 Å². The van der Waals surface area contributed by atoms with Gasteiger partial charge in [0.25, 0.3) is 0 Å². The molecule has 20 heavy (non-hydrogen) atoms. The Balaban J connectivity index is 2.06. The Morgan fingerprint density at radius 3 is 2.60 bits per heavy atom. The van der Waals surface area contributed by atoms with E-state index in [4.69, 9.17) is 5.73 Å². The molecule has 5 heteroatoms. The van der Waals surface area contributed by atoms with E-state index in [2.05, 4.69) is 10.3 Å². The van der Waals surface area contributed by atoms with Crippen LogP contribution in [0.5, 0.6) is 0 Å². The van der Waals surface area contributed by atoms with Gasteiger partial charge >= 0.3 is 0 Å². The van der Waals surface area contributed by atoms with Crippen molar-refractivity contribution in [2.45, 2.75) is 6.42 Å². The highest BCUT2D eigenvalue weighted by Crippen LogP contribution is 2.21. The molecule has 0 aliphatic heterocycles. The molecule has 104 valence electrons. The normalized spacial score (nSPS) is 10.1. The highest BCUT2D eigenvalue weighted by molar-refractivity contribution is 5.90. The first-order chi connectivity index (χ1) is 9.70. The molecule has 0 radical (unpaired) electrons. The predicted molar refractivity (Wildman–Crippen MR) is 81.0 cm³/mol. The molecule has 0 unspecified atom stereocenters. The molecule has 5 nitrogen and oxygen atoms in total. The predicted octanol–water partition coefficient (Wildman–Crippen LogP) is 2.14. The van der Waals surface area contributed by atoms with Crippen LogP contribution in [0.25, 0.3) is 0 Å². The van der Waals surface area contributed by atoms with E-state index in [1.165, 1.54) is 0 Å². The van der Waals surface area contributed by atoms with Gasteiger partial charge in [-0.3, -0.25) is 4.79 Å².